The Balaban J connectivity index is 2.54. The minimum atomic E-state index is 0.285. The molecule has 1 heterocycles. The van der Waals surface area contributed by atoms with Crippen molar-refractivity contribution in [3.05, 3.63) is 35.0 Å². The van der Waals surface area contributed by atoms with Crippen LogP contribution in [0.25, 0.3) is 11.3 Å². The first-order chi connectivity index (χ1) is 8.17. The maximum atomic E-state index is 8.71. The van der Waals surface area contributed by atoms with E-state index < -0.39 is 0 Å². The summed E-state index contributed by atoms with van der Waals surface area (Å²) in [7, 11) is 1.64. The molecule has 0 saturated heterocycles. The third kappa shape index (κ3) is 1.87. The molecule has 4 nitrogen and oxygen atoms in total. The number of hydrogen-bond acceptors (Lipinski definition) is 4. The van der Waals surface area contributed by atoms with Gasteiger partial charge in [0.2, 0.25) is 0 Å². The van der Waals surface area contributed by atoms with Crippen LogP contribution < -0.4 is 4.74 Å². The minimum absolute atomic E-state index is 0.285. The molecule has 0 atom stereocenters. The molecule has 4 heteroatoms. The number of ether oxygens (including phenoxy) is 1. The van der Waals surface area contributed by atoms with Crippen LogP contribution in [-0.4, -0.2) is 12.3 Å². The zero-order chi connectivity index (χ0) is 12.4. The second kappa shape index (κ2) is 4.30. The van der Waals surface area contributed by atoms with Gasteiger partial charge in [0.15, 0.2) is 11.5 Å². The largest absolute Gasteiger partial charge is 0.496 e. The molecule has 0 radical (unpaired) electrons. The van der Waals surface area contributed by atoms with E-state index in [1.807, 2.05) is 32.0 Å². The van der Waals surface area contributed by atoms with Gasteiger partial charge in [0.25, 0.3) is 0 Å². The Morgan fingerprint density at radius 1 is 1.29 bits per heavy atom. The van der Waals surface area contributed by atoms with E-state index in [2.05, 4.69) is 5.16 Å². The van der Waals surface area contributed by atoms with Crippen molar-refractivity contribution >= 4 is 0 Å². The van der Waals surface area contributed by atoms with Gasteiger partial charge in [-0.2, -0.15) is 5.26 Å². The zero-order valence-electron chi connectivity index (χ0n) is 9.94. The number of nitrogens with zero attached hydrogens (tertiary/aromatic N) is 2. The normalized spacial score (nSPS) is 10.0. The van der Waals surface area contributed by atoms with Crippen LogP contribution >= 0.6 is 0 Å². The minimum Gasteiger partial charge on any atom is -0.496 e. The number of benzene rings is 1. The fourth-order valence-corrected chi connectivity index (χ4v) is 1.74. The quantitative estimate of drug-likeness (QED) is 0.793. The second-order valence-corrected chi connectivity index (χ2v) is 3.75. The van der Waals surface area contributed by atoms with Crippen LogP contribution in [0.1, 0.15) is 16.8 Å². The molecule has 0 spiro atoms. The first-order valence-electron chi connectivity index (χ1n) is 5.18. The summed E-state index contributed by atoms with van der Waals surface area (Å²) in [4.78, 5) is 0. The number of hydrogen-bond donors (Lipinski definition) is 0. The molecule has 0 aliphatic carbocycles. The lowest BCUT2D eigenvalue weighted by molar-refractivity contribution is 0.411. The lowest BCUT2D eigenvalue weighted by atomic mass is 10.0. The van der Waals surface area contributed by atoms with Gasteiger partial charge in [0, 0.05) is 11.6 Å². The third-order valence-electron chi connectivity index (χ3n) is 2.85. The lowest BCUT2D eigenvalue weighted by Gasteiger charge is -2.10. The Morgan fingerprint density at radius 3 is 2.65 bits per heavy atom. The van der Waals surface area contributed by atoms with E-state index in [1.165, 1.54) is 0 Å². The van der Waals surface area contributed by atoms with E-state index >= 15 is 0 Å². The second-order valence-electron chi connectivity index (χ2n) is 3.75. The maximum absolute atomic E-state index is 8.71. The van der Waals surface area contributed by atoms with Crippen molar-refractivity contribution in [1.82, 2.24) is 5.16 Å². The maximum Gasteiger partial charge on any atom is 0.184 e. The van der Waals surface area contributed by atoms with Crippen molar-refractivity contribution in [2.24, 2.45) is 0 Å². The highest BCUT2D eigenvalue weighted by Gasteiger charge is 2.12. The van der Waals surface area contributed by atoms with Gasteiger partial charge in [0.1, 0.15) is 11.8 Å². The molecule has 0 fully saturated rings. The Labute approximate surface area is 99.4 Å². The zero-order valence-corrected chi connectivity index (χ0v) is 9.94. The predicted octanol–water partition coefficient (Wildman–Crippen LogP) is 2.84. The third-order valence-corrected chi connectivity index (χ3v) is 2.85. The van der Waals surface area contributed by atoms with Crippen molar-refractivity contribution in [1.29, 1.82) is 5.26 Å². The predicted molar refractivity (Wildman–Crippen MR) is 62.7 cm³/mol. The van der Waals surface area contributed by atoms with E-state index in [1.54, 1.807) is 13.2 Å². The van der Waals surface area contributed by atoms with Crippen molar-refractivity contribution in [3.63, 3.8) is 0 Å². The summed E-state index contributed by atoms with van der Waals surface area (Å²) >= 11 is 0. The van der Waals surface area contributed by atoms with E-state index in [0.29, 0.717) is 5.76 Å². The summed E-state index contributed by atoms with van der Waals surface area (Å²) in [6.45, 7) is 3.97. The molecule has 0 bridgehead atoms. The average Bonchev–Trinajstić information content (AvgIpc) is 2.81. The molecule has 0 aliphatic heterocycles. The molecule has 17 heavy (non-hydrogen) atoms. The number of methoxy groups -OCH3 is 1. The number of aromatic nitrogens is 1. The van der Waals surface area contributed by atoms with Gasteiger partial charge in [-0.25, -0.2) is 0 Å². The molecule has 2 rings (SSSR count). The summed E-state index contributed by atoms with van der Waals surface area (Å²) in [6.07, 6.45) is 0. The molecule has 0 N–H and O–H groups in total. The van der Waals surface area contributed by atoms with Gasteiger partial charge in [0.05, 0.1) is 7.11 Å². The van der Waals surface area contributed by atoms with Gasteiger partial charge in [-0.3, -0.25) is 0 Å². The topological polar surface area (TPSA) is 59.0 Å². The van der Waals surface area contributed by atoms with Gasteiger partial charge in [-0.15, -0.1) is 0 Å². The highest BCUT2D eigenvalue weighted by Crippen LogP contribution is 2.31. The Hall–Kier alpha value is -2.28. The summed E-state index contributed by atoms with van der Waals surface area (Å²) < 4.78 is 10.4. The summed E-state index contributed by atoms with van der Waals surface area (Å²) in [5, 5.41) is 12.4. The molecule has 2 aromatic rings. The summed E-state index contributed by atoms with van der Waals surface area (Å²) in [5.74, 6) is 1.44. The van der Waals surface area contributed by atoms with Gasteiger partial charge < -0.3 is 9.26 Å². The lowest BCUT2D eigenvalue weighted by Crippen LogP contribution is -1.92. The van der Waals surface area contributed by atoms with Crippen molar-refractivity contribution < 1.29 is 9.26 Å². The Kier molecular flexibility index (Phi) is 2.84. The molecule has 1 aromatic heterocycles. The van der Waals surface area contributed by atoms with Crippen LogP contribution in [0, 0.1) is 25.2 Å². The first-order valence-corrected chi connectivity index (χ1v) is 5.18. The molecule has 1 aromatic carbocycles. The summed E-state index contributed by atoms with van der Waals surface area (Å²) in [6, 6.07) is 7.36. The molecule has 0 amide bonds. The Morgan fingerprint density at radius 2 is 2.06 bits per heavy atom. The number of nitriles is 1. The van der Waals surface area contributed by atoms with Crippen LogP contribution in [0.4, 0.5) is 0 Å². The van der Waals surface area contributed by atoms with Crippen molar-refractivity contribution in [3.8, 4) is 23.1 Å². The van der Waals surface area contributed by atoms with Crippen molar-refractivity contribution in [2.45, 2.75) is 13.8 Å². The van der Waals surface area contributed by atoms with Crippen LogP contribution in [0.3, 0.4) is 0 Å². The van der Waals surface area contributed by atoms with Crippen LogP contribution in [0.2, 0.25) is 0 Å². The van der Waals surface area contributed by atoms with E-state index in [0.717, 1.165) is 22.4 Å². The van der Waals surface area contributed by atoms with Crippen molar-refractivity contribution in [2.75, 3.05) is 7.11 Å². The SMILES string of the molecule is COc1ccc(-c2cc(C#N)no2)c(C)c1C. The van der Waals surface area contributed by atoms with E-state index in [9.17, 15) is 0 Å². The van der Waals surface area contributed by atoms with Crippen LogP contribution in [0.15, 0.2) is 22.7 Å². The summed E-state index contributed by atoms with van der Waals surface area (Å²) in [5.41, 5.74) is 3.33. The molecular formula is C13H12N2O2. The van der Waals surface area contributed by atoms with Gasteiger partial charge in [-0.1, -0.05) is 5.16 Å². The first kappa shape index (κ1) is 11.2. The van der Waals surface area contributed by atoms with E-state index in [-0.39, 0.29) is 5.69 Å². The molecule has 0 aliphatic rings. The Bertz CT molecular complexity index is 594. The van der Waals surface area contributed by atoms with Gasteiger partial charge >= 0.3 is 0 Å². The molecule has 0 unspecified atom stereocenters. The number of rotatable bonds is 2. The van der Waals surface area contributed by atoms with Crippen LogP contribution in [0.5, 0.6) is 5.75 Å². The van der Waals surface area contributed by atoms with Crippen LogP contribution in [-0.2, 0) is 0 Å². The monoisotopic (exact) mass is 228 g/mol. The fraction of sp³-hybridized carbons (Fsp3) is 0.231. The smallest absolute Gasteiger partial charge is 0.184 e. The average molecular weight is 228 g/mol. The standard InChI is InChI=1S/C13H12N2O2/c1-8-9(2)12(16-3)5-4-11(8)13-6-10(7-14)15-17-13/h4-6H,1-3H3. The molecule has 86 valence electrons. The highest BCUT2D eigenvalue weighted by molar-refractivity contribution is 5.66. The fourth-order valence-electron chi connectivity index (χ4n) is 1.74. The molecule has 0 saturated carbocycles. The molecular weight excluding hydrogens is 216 g/mol. The highest BCUT2D eigenvalue weighted by atomic mass is 16.5. The van der Waals surface area contributed by atoms with Gasteiger partial charge in [-0.05, 0) is 37.1 Å². The van der Waals surface area contributed by atoms with E-state index in [4.69, 9.17) is 14.5 Å².